The van der Waals surface area contributed by atoms with E-state index in [1.807, 2.05) is 13.8 Å². The molecule has 8 bridgehead atoms. The van der Waals surface area contributed by atoms with Crippen LogP contribution in [0.3, 0.4) is 0 Å². The zero-order valence-corrected chi connectivity index (χ0v) is 21.1. The number of hydrogen-bond acceptors (Lipinski definition) is 2. The number of aromatic nitrogens is 2. The normalized spacial score (nSPS) is 16.1. The maximum absolute atomic E-state index is 14.0. The Hall–Kier alpha value is -3.68. The van der Waals surface area contributed by atoms with Crippen LogP contribution in [-0.2, 0) is 23.2 Å². The second-order valence-electron chi connectivity index (χ2n) is 10.7. The van der Waals surface area contributed by atoms with Gasteiger partial charge in [0.2, 0.25) is 0 Å². The van der Waals surface area contributed by atoms with Crippen LogP contribution in [0.4, 0.5) is 26.3 Å². The van der Waals surface area contributed by atoms with Crippen LogP contribution in [0.25, 0.3) is 22.5 Å². The van der Waals surface area contributed by atoms with Crippen molar-refractivity contribution in [3.8, 4) is 22.5 Å². The van der Waals surface area contributed by atoms with E-state index in [9.17, 15) is 26.3 Å². The highest BCUT2D eigenvalue weighted by atomic mass is 19.4. The first-order valence-electron chi connectivity index (χ1n) is 12.0. The minimum Gasteiger partial charge on any atom is -0.252 e. The Labute approximate surface area is 216 Å². The number of alkyl halides is 6. The lowest BCUT2D eigenvalue weighted by Gasteiger charge is -2.30. The summed E-state index contributed by atoms with van der Waals surface area (Å²) in [5.41, 5.74) is -1.09. The summed E-state index contributed by atoms with van der Waals surface area (Å²) >= 11 is 0. The Balaban J connectivity index is 1.92. The third kappa shape index (κ3) is 4.46. The minimum atomic E-state index is -4.66. The van der Waals surface area contributed by atoms with Crippen molar-refractivity contribution in [2.24, 2.45) is 0 Å². The van der Waals surface area contributed by atoms with Gasteiger partial charge in [-0.3, -0.25) is 9.97 Å². The van der Waals surface area contributed by atoms with E-state index in [1.54, 1.807) is 62.4 Å². The van der Waals surface area contributed by atoms with E-state index in [0.29, 0.717) is 22.8 Å². The van der Waals surface area contributed by atoms with Crippen molar-refractivity contribution in [2.45, 2.75) is 50.9 Å². The maximum Gasteiger partial charge on any atom is 0.416 e. The summed E-state index contributed by atoms with van der Waals surface area (Å²) in [4.78, 5) is 9.46. The number of rotatable bonds is 0. The van der Waals surface area contributed by atoms with Crippen molar-refractivity contribution >= 4 is 0 Å². The Kier molecular flexibility index (Phi) is 5.74. The lowest BCUT2D eigenvalue weighted by atomic mass is 9.75. The van der Waals surface area contributed by atoms with E-state index in [1.165, 1.54) is 0 Å². The van der Waals surface area contributed by atoms with Crippen LogP contribution in [-0.4, -0.2) is 9.97 Å². The lowest BCUT2D eigenvalue weighted by Crippen LogP contribution is -2.24. The smallest absolute Gasteiger partial charge is 0.252 e. The zero-order chi connectivity index (χ0) is 27.7. The van der Waals surface area contributed by atoms with Crippen molar-refractivity contribution in [1.82, 2.24) is 9.97 Å². The second-order valence-corrected chi connectivity index (χ2v) is 10.7. The van der Waals surface area contributed by atoms with Crippen LogP contribution in [0.15, 0.2) is 72.8 Å². The summed E-state index contributed by atoms with van der Waals surface area (Å²) in [6.45, 7) is 6.98. The molecule has 0 N–H and O–H groups in total. The van der Waals surface area contributed by atoms with Gasteiger partial charge in [-0.1, -0.05) is 26.0 Å². The van der Waals surface area contributed by atoms with Gasteiger partial charge in [0.1, 0.15) is 0 Å². The summed E-state index contributed by atoms with van der Waals surface area (Å²) in [6, 6.07) is 17.5. The molecule has 0 saturated carbocycles. The summed E-state index contributed by atoms with van der Waals surface area (Å²) in [5.74, 6) is 0. The molecule has 4 aromatic rings. The molecule has 0 fully saturated rings. The minimum absolute atomic E-state index is 0.220. The first-order valence-corrected chi connectivity index (χ1v) is 12.0. The van der Waals surface area contributed by atoms with Gasteiger partial charge in [-0.25, -0.2) is 0 Å². The molecule has 8 heteroatoms. The molecule has 0 saturated heterocycles. The molecule has 38 heavy (non-hydrogen) atoms. The number of nitrogens with zero attached hydrogens (tertiary/aromatic N) is 2. The van der Waals surface area contributed by atoms with E-state index in [4.69, 9.17) is 9.97 Å². The molecule has 2 nitrogen and oxygen atoms in total. The predicted octanol–water partition coefficient (Wildman–Crippen LogP) is 8.81. The van der Waals surface area contributed by atoms with E-state index >= 15 is 0 Å². The Morgan fingerprint density at radius 1 is 0.526 bits per heavy atom. The molecular weight excluding hydrogens is 502 g/mol. The quantitative estimate of drug-likeness (QED) is 0.214. The molecule has 1 aliphatic heterocycles. The lowest BCUT2D eigenvalue weighted by molar-refractivity contribution is -0.138. The topological polar surface area (TPSA) is 25.8 Å². The van der Waals surface area contributed by atoms with Gasteiger partial charge in [0.15, 0.2) is 0 Å². The number of hydrogen-bond donors (Lipinski definition) is 0. The SMILES string of the molecule is CC1(C)c2cc(cc(C(F)(F)F)c2)-c2cccc(n2)C(C)(C)c2cccc(n2)-c2cc(C(F)(F)F)cc1c2. The average Bonchev–Trinajstić information content (AvgIpc) is 2.87. The van der Waals surface area contributed by atoms with Crippen LogP contribution in [0.5, 0.6) is 0 Å². The van der Waals surface area contributed by atoms with E-state index in [-0.39, 0.29) is 22.3 Å². The highest BCUT2D eigenvalue weighted by Gasteiger charge is 2.37. The molecule has 2 aromatic carbocycles. The third-order valence-electron chi connectivity index (χ3n) is 7.33. The molecule has 0 atom stereocenters. The molecule has 0 spiro atoms. The molecule has 0 aliphatic carbocycles. The van der Waals surface area contributed by atoms with Gasteiger partial charge in [0, 0.05) is 22.0 Å². The van der Waals surface area contributed by atoms with Crippen molar-refractivity contribution < 1.29 is 26.3 Å². The molecule has 1 aliphatic rings. The van der Waals surface area contributed by atoms with Crippen molar-refractivity contribution in [3.05, 3.63) is 106 Å². The molecule has 5 rings (SSSR count). The number of fused-ring (bicyclic) bond motifs is 10. The molecule has 2 aromatic heterocycles. The number of benzene rings is 2. The van der Waals surface area contributed by atoms with Crippen molar-refractivity contribution in [1.29, 1.82) is 0 Å². The van der Waals surface area contributed by atoms with Gasteiger partial charge < -0.3 is 0 Å². The van der Waals surface area contributed by atoms with E-state index in [2.05, 4.69) is 0 Å². The standard InChI is InChI=1S/C30H24F6N2/c1-27(2)19-11-17(13-21(15-19)29(31,32)33)23-7-5-9-25(37-23)28(3,4)26-10-6-8-24(38-26)18-12-20(27)16-22(14-18)30(34,35)36/h5-16H,1-4H3. The Morgan fingerprint density at radius 3 is 1.29 bits per heavy atom. The molecule has 0 amide bonds. The fraction of sp³-hybridized carbons (Fsp3) is 0.267. The largest absolute Gasteiger partial charge is 0.416 e. The van der Waals surface area contributed by atoms with Gasteiger partial charge >= 0.3 is 12.4 Å². The number of pyridine rings is 2. The first-order chi connectivity index (χ1) is 17.6. The van der Waals surface area contributed by atoms with Gasteiger partial charge in [-0.05, 0) is 85.6 Å². The first kappa shape index (κ1) is 25.9. The van der Waals surface area contributed by atoms with Crippen molar-refractivity contribution in [3.63, 3.8) is 0 Å². The zero-order valence-electron chi connectivity index (χ0n) is 21.1. The Bertz CT molecular complexity index is 1430. The van der Waals surface area contributed by atoms with E-state index < -0.39 is 34.3 Å². The Morgan fingerprint density at radius 2 is 0.921 bits per heavy atom. The summed E-state index contributed by atoms with van der Waals surface area (Å²) in [6.07, 6.45) is -9.33. The summed E-state index contributed by atoms with van der Waals surface area (Å²) in [7, 11) is 0. The van der Waals surface area contributed by atoms with Crippen molar-refractivity contribution in [2.75, 3.05) is 0 Å². The fourth-order valence-electron chi connectivity index (χ4n) is 4.78. The van der Waals surface area contributed by atoms with E-state index in [0.717, 1.165) is 24.3 Å². The summed E-state index contributed by atoms with van der Waals surface area (Å²) in [5, 5.41) is 0. The monoisotopic (exact) mass is 526 g/mol. The molecule has 196 valence electrons. The van der Waals surface area contributed by atoms with Crippen LogP contribution >= 0.6 is 0 Å². The second kappa shape index (κ2) is 8.41. The molecular formula is C30H24F6N2. The third-order valence-corrected chi connectivity index (χ3v) is 7.33. The number of halogens is 6. The highest BCUT2D eigenvalue weighted by Crippen LogP contribution is 2.43. The molecule has 0 unspecified atom stereocenters. The highest BCUT2D eigenvalue weighted by molar-refractivity contribution is 5.67. The van der Waals surface area contributed by atoms with Crippen LogP contribution < -0.4 is 0 Å². The van der Waals surface area contributed by atoms with Crippen LogP contribution in [0, 0.1) is 0 Å². The predicted molar refractivity (Wildman–Crippen MR) is 134 cm³/mol. The van der Waals surface area contributed by atoms with Gasteiger partial charge in [-0.15, -0.1) is 0 Å². The maximum atomic E-state index is 14.0. The van der Waals surface area contributed by atoms with Gasteiger partial charge in [0.25, 0.3) is 0 Å². The van der Waals surface area contributed by atoms with Crippen LogP contribution in [0.1, 0.15) is 61.3 Å². The molecule has 3 heterocycles. The molecule has 0 radical (unpaired) electrons. The van der Waals surface area contributed by atoms with Crippen LogP contribution in [0.2, 0.25) is 0 Å². The average molecular weight is 527 g/mol. The van der Waals surface area contributed by atoms with Gasteiger partial charge in [-0.2, -0.15) is 26.3 Å². The fourth-order valence-corrected chi connectivity index (χ4v) is 4.78. The summed E-state index contributed by atoms with van der Waals surface area (Å²) < 4.78 is 84.2. The van der Waals surface area contributed by atoms with Gasteiger partial charge in [0.05, 0.1) is 33.9 Å².